The number of anilines is 1. The summed E-state index contributed by atoms with van der Waals surface area (Å²) >= 11 is 5.75. The fraction of sp³-hybridized carbons (Fsp3) is 0.333. The van der Waals surface area contributed by atoms with Gasteiger partial charge in [-0.3, -0.25) is 4.57 Å². The van der Waals surface area contributed by atoms with Gasteiger partial charge in [0.1, 0.15) is 23.5 Å². The van der Waals surface area contributed by atoms with Crippen molar-refractivity contribution in [3.63, 3.8) is 0 Å². The van der Waals surface area contributed by atoms with Gasteiger partial charge in [-0.05, 0) is 29.3 Å². The Kier molecular flexibility index (Phi) is 8.41. The molecule has 0 aliphatic rings. The van der Waals surface area contributed by atoms with Crippen LogP contribution in [0.4, 0.5) is 14.6 Å². The Morgan fingerprint density at radius 3 is 2.42 bits per heavy atom. The first-order valence-electron chi connectivity index (χ1n) is 10.4. The number of nitrogens with zero attached hydrogens (tertiary/aromatic N) is 4. The van der Waals surface area contributed by atoms with Crippen LogP contribution < -0.4 is 5.73 Å². The topological polar surface area (TPSA) is 220 Å². The molecule has 3 aromatic rings. The number of carbonyl (C=O) groups is 3. The second kappa shape index (κ2) is 11.2. The van der Waals surface area contributed by atoms with Gasteiger partial charge in [0.2, 0.25) is 11.6 Å². The third-order valence-corrected chi connectivity index (χ3v) is 5.75. The van der Waals surface area contributed by atoms with Gasteiger partial charge in [-0.25, -0.2) is 28.1 Å². The Morgan fingerprint density at radius 1 is 1.21 bits per heavy atom. The third kappa shape index (κ3) is 5.47. The Morgan fingerprint density at radius 2 is 1.87 bits per heavy atom. The maximum atomic E-state index is 15.3. The van der Waals surface area contributed by atoms with Crippen LogP contribution in [0.5, 0.6) is 0 Å². The van der Waals surface area contributed by atoms with Gasteiger partial charge in [0, 0.05) is 13.5 Å². The number of hydrogen-bond acceptors (Lipinski definition) is 10. The Bertz CT molecular complexity index is 1370. The monoisotopic (exact) mass is 559 g/mol. The Labute approximate surface area is 216 Å². The fourth-order valence-corrected chi connectivity index (χ4v) is 3.64. The molecule has 1 aromatic carbocycles. The number of aromatic carboxylic acids is 1. The number of nitrogens with two attached hydrogens (primary N) is 1. The van der Waals surface area contributed by atoms with Crippen molar-refractivity contribution in [1.82, 2.24) is 19.5 Å². The van der Waals surface area contributed by atoms with E-state index in [9.17, 15) is 34.1 Å². The molecule has 17 heteroatoms. The van der Waals surface area contributed by atoms with Crippen molar-refractivity contribution < 1.29 is 53.1 Å². The number of carboxylic acids is 3. The standard InChI is InChI=1S/C21H20ClF2N5O9/c1-37-11(13(30)14(24)29-7-26-12-15(25)27-20(22)28-16(12)29)6-38-21(18(33)34,19(35)36)5-9-3-2-8(17(31)32)4-10(9)23/h2-4,7,11,13-14,30H,5-6H2,1H3,(H,31,32)(H,33,34)(H,35,36)(H2,25,27,28)/t11-,13-,14-/m1/s1. The molecule has 0 fully saturated rings. The number of imidazole rings is 1. The van der Waals surface area contributed by atoms with Crippen LogP contribution >= 0.6 is 11.6 Å². The highest BCUT2D eigenvalue weighted by molar-refractivity contribution is 6.28. The molecular weight excluding hydrogens is 540 g/mol. The van der Waals surface area contributed by atoms with Gasteiger partial charge in [0.15, 0.2) is 11.5 Å². The highest BCUT2D eigenvalue weighted by Gasteiger charge is 2.50. The van der Waals surface area contributed by atoms with Crippen molar-refractivity contribution in [3.8, 4) is 0 Å². The van der Waals surface area contributed by atoms with Gasteiger partial charge >= 0.3 is 17.9 Å². The summed E-state index contributed by atoms with van der Waals surface area (Å²) in [6.45, 7) is -0.990. The maximum absolute atomic E-state index is 15.3. The van der Waals surface area contributed by atoms with E-state index in [0.29, 0.717) is 6.07 Å². The molecule has 0 radical (unpaired) electrons. The SMILES string of the molecule is CO[C@H](COC(Cc1ccc(C(=O)O)cc1F)(C(=O)O)C(=O)O)[C@@H](O)[C@H](F)n1cnc2c(N)nc(Cl)nc21. The van der Waals surface area contributed by atoms with E-state index in [1.54, 1.807) is 0 Å². The fourth-order valence-electron chi connectivity index (χ4n) is 3.47. The number of nitrogen functional groups attached to an aromatic ring is 1. The summed E-state index contributed by atoms with van der Waals surface area (Å²) in [5, 5.41) is 38.6. The van der Waals surface area contributed by atoms with Crippen molar-refractivity contribution in [2.45, 2.75) is 30.5 Å². The predicted octanol–water partition coefficient (Wildman–Crippen LogP) is 0.910. The first kappa shape index (κ1) is 28.6. The van der Waals surface area contributed by atoms with E-state index in [1.807, 2.05) is 0 Å². The number of halogens is 3. The minimum absolute atomic E-state index is 0.0267. The number of carboxylic acid groups (broad SMARTS) is 3. The molecule has 38 heavy (non-hydrogen) atoms. The van der Waals surface area contributed by atoms with Crippen LogP contribution in [0.3, 0.4) is 0 Å². The van der Waals surface area contributed by atoms with E-state index in [1.165, 1.54) is 0 Å². The van der Waals surface area contributed by atoms with Gasteiger partial charge in [-0.1, -0.05) is 6.07 Å². The van der Waals surface area contributed by atoms with E-state index in [0.717, 1.165) is 30.1 Å². The molecule has 204 valence electrons. The number of hydrogen-bond donors (Lipinski definition) is 5. The van der Waals surface area contributed by atoms with Crippen molar-refractivity contribution in [1.29, 1.82) is 0 Å². The number of benzene rings is 1. The molecule has 0 bridgehead atoms. The largest absolute Gasteiger partial charge is 0.479 e. The van der Waals surface area contributed by atoms with Crippen molar-refractivity contribution in [3.05, 3.63) is 46.8 Å². The minimum atomic E-state index is -3.12. The van der Waals surface area contributed by atoms with Gasteiger partial charge in [-0.2, -0.15) is 9.97 Å². The van der Waals surface area contributed by atoms with Crippen LogP contribution in [0.15, 0.2) is 24.5 Å². The lowest BCUT2D eigenvalue weighted by atomic mass is 9.93. The average Bonchev–Trinajstić information content (AvgIpc) is 3.27. The molecule has 3 rings (SSSR count). The van der Waals surface area contributed by atoms with Crippen LogP contribution in [-0.4, -0.2) is 89.4 Å². The maximum Gasteiger partial charge on any atom is 0.348 e. The molecule has 0 aliphatic heterocycles. The second-order valence-electron chi connectivity index (χ2n) is 7.88. The van der Waals surface area contributed by atoms with Crippen LogP contribution in [0.1, 0.15) is 22.2 Å². The highest BCUT2D eigenvalue weighted by Crippen LogP contribution is 2.28. The number of alkyl halides is 1. The zero-order valence-electron chi connectivity index (χ0n) is 19.3. The van der Waals surface area contributed by atoms with Crippen molar-refractivity contribution in [2.24, 2.45) is 0 Å². The first-order valence-corrected chi connectivity index (χ1v) is 10.8. The lowest BCUT2D eigenvalue weighted by Crippen LogP contribution is -2.53. The van der Waals surface area contributed by atoms with Crippen LogP contribution in [0, 0.1) is 5.82 Å². The number of aromatic nitrogens is 4. The molecule has 14 nitrogen and oxygen atoms in total. The van der Waals surface area contributed by atoms with Gasteiger partial charge in [0.05, 0.1) is 18.5 Å². The molecule has 0 unspecified atom stereocenters. The average molecular weight is 560 g/mol. The summed E-state index contributed by atoms with van der Waals surface area (Å²) in [4.78, 5) is 46.4. The highest BCUT2D eigenvalue weighted by atomic mass is 35.5. The summed E-state index contributed by atoms with van der Waals surface area (Å²) in [5.41, 5.74) is 1.39. The normalized spacial score (nSPS) is 14.2. The lowest BCUT2D eigenvalue weighted by molar-refractivity contribution is -0.192. The number of fused-ring (bicyclic) bond motifs is 1. The summed E-state index contributed by atoms with van der Waals surface area (Å²) in [6, 6.07) is 2.42. The molecular formula is C21H20ClF2N5O9. The van der Waals surface area contributed by atoms with E-state index >= 15 is 4.39 Å². The van der Waals surface area contributed by atoms with E-state index in [4.69, 9.17) is 31.9 Å². The minimum Gasteiger partial charge on any atom is -0.479 e. The Hall–Kier alpha value is -3.99. The smallest absolute Gasteiger partial charge is 0.348 e. The second-order valence-corrected chi connectivity index (χ2v) is 8.21. The molecule has 3 atom stereocenters. The summed E-state index contributed by atoms with van der Waals surface area (Å²) < 4.78 is 40.6. The van der Waals surface area contributed by atoms with Gasteiger partial charge < -0.3 is 35.6 Å². The number of ether oxygens (including phenoxy) is 2. The van der Waals surface area contributed by atoms with Crippen molar-refractivity contribution >= 4 is 46.5 Å². The van der Waals surface area contributed by atoms with Crippen molar-refractivity contribution in [2.75, 3.05) is 19.5 Å². The molecule has 2 heterocycles. The predicted molar refractivity (Wildman–Crippen MR) is 123 cm³/mol. The van der Waals surface area contributed by atoms with Crippen LogP contribution in [0.25, 0.3) is 11.2 Å². The number of rotatable bonds is 12. The van der Waals surface area contributed by atoms with E-state index in [2.05, 4.69) is 15.0 Å². The van der Waals surface area contributed by atoms with E-state index < -0.39 is 72.0 Å². The number of aliphatic hydroxyl groups excluding tert-OH is 1. The molecule has 0 aliphatic carbocycles. The van der Waals surface area contributed by atoms with Gasteiger partial charge in [-0.15, -0.1) is 0 Å². The molecule has 2 aromatic heterocycles. The molecule has 0 spiro atoms. The quantitative estimate of drug-likeness (QED) is 0.154. The Balaban J connectivity index is 1.87. The number of methoxy groups -OCH3 is 1. The molecule has 0 amide bonds. The summed E-state index contributed by atoms with van der Waals surface area (Å²) in [7, 11) is 1.01. The lowest BCUT2D eigenvalue weighted by Gasteiger charge is -2.30. The summed E-state index contributed by atoms with van der Waals surface area (Å²) in [6.07, 6.45) is -6.25. The zero-order valence-corrected chi connectivity index (χ0v) is 20.0. The van der Waals surface area contributed by atoms with E-state index in [-0.39, 0.29) is 22.3 Å². The first-order chi connectivity index (χ1) is 17.8. The number of aliphatic carboxylic acids is 2. The zero-order chi connectivity index (χ0) is 28.4. The van der Waals surface area contributed by atoms with Crippen LogP contribution in [0.2, 0.25) is 5.28 Å². The molecule has 6 N–H and O–H groups in total. The third-order valence-electron chi connectivity index (χ3n) is 5.58. The molecule has 0 saturated heterocycles. The van der Waals surface area contributed by atoms with Crippen LogP contribution in [-0.2, 0) is 25.5 Å². The van der Waals surface area contributed by atoms with Gasteiger partial charge in [0.25, 0.3) is 5.60 Å². The molecule has 0 saturated carbocycles. The summed E-state index contributed by atoms with van der Waals surface area (Å²) in [5.74, 6) is -6.91. The number of aliphatic hydroxyl groups is 1.